The molecule has 0 amide bonds. The predicted molar refractivity (Wildman–Crippen MR) is 94.7 cm³/mol. The highest BCUT2D eigenvalue weighted by molar-refractivity contribution is 7.89. The Morgan fingerprint density at radius 3 is 2.50 bits per heavy atom. The molecule has 1 fully saturated rings. The lowest BCUT2D eigenvalue weighted by Crippen LogP contribution is -2.48. The summed E-state index contributed by atoms with van der Waals surface area (Å²) >= 11 is 12.0. The van der Waals surface area contributed by atoms with Crippen molar-refractivity contribution in [3.05, 3.63) is 58.3 Å². The molecule has 0 unspecified atom stereocenters. The summed E-state index contributed by atoms with van der Waals surface area (Å²) in [7, 11) is -3.63. The summed E-state index contributed by atoms with van der Waals surface area (Å²) in [4.78, 5) is 6.38. The van der Waals surface area contributed by atoms with Gasteiger partial charge in [-0.1, -0.05) is 29.3 Å². The highest BCUT2D eigenvalue weighted by Gasteiger charge is 2.30. The Morgan fingerprint density at radius 1 is 1.08 bits per heavy atom. The van der Waals surface area contributed by atoms with Crippen molar-refractivity contribution >= 4 is 33.2 Å². The molecule has 0 aliphatic carbocycles. The van der Waals surface area contributed by atoms with Crippen LogP contribution in [-0.4, -0.2) is 48.8 Å². The van der Waals surface area contributed by atoms with Crippen LogP contribution in [0.3, 0.4) is 0 Å². The molecule has 0 spiro atoms. The first-order valence-corrected chi connectivity index (χ1v) is 9.73. The molecular formula is C16H17Cl2N3O2S. The predicted octanol–water partition coefficient (Wildman–Crippen LogP) is 2.89. The first-order chi connectivity index (χ1) is 11.5. The van der Waals surface area contributed by atoms with Gasteiger partial charge in [-0.3, -0.25) is 9.88 Å². The molecule has 1 saturated heterocycles. The van der Waals surface area contributed by atoms with Crippen LogP contribution in [0.25, 0.3) is 0 Å². The van der Waals surface area contributed by atoms with Gasteiger partial charge in [0, 0.05) is 50.1 Å². The number of piperazine rings is 1. The summed E-state index contributed by atoms with van der Waals surface area (Å²) in [6.07, 6.45) is 3.57. The van der Waals surface area contributed by atoms with Crippen LogP contribution in [-0.2, 0) is 16.6 Å². The van der Waals surface area contributed by atoms with Gasteiger partial charge in [0.05, 0.1) is 5.02 Å². The molecular weight excluding hydrogens is 369 g/mol. The van der Waals surface area contributed by atoms with Gasteiger partial charge in [-0.25, -0.2) is 8.42 Å². The van der Waals surface area contributed by atoms with Crippen molar-refractivity contribution in [3.63, 3.8) is 0 Å². The molecule has 128 valence electrons. The van der Waals surface area contributed by atoms with Gasteiger partial charge in [0.25, 0.3) is 0 Å². The van der Waals surface area contributed by atoms with Crippen LogP contribution < -0.4 is 0 Å². The Balaban J connectivity index is 1.68. The van der Waals surface area contributed by atoms with E-state index in [1.807, 2.05) is 18.3 Å². The third-order valence-electron chi connectivity index (χ3n) is 3.97. The van der Waals surface area contributed by atoms with Crippen molar-refractivity contribution in [3.8, 4) is 0 Å². The van der Waals surface area contributed by atoms with Crippen LogP contribution >= 0.6 is 23.2 Å². The summed E-state index contributed by atoms with van der Waals surface area (Å²) in [5, 5.41) is 0.547. The van der Waals surface area contributed by atoms with Gasteiger partial charge in [-0.2, -0.15) is 4.31 Å². The molecule has 0 radical (unpaired) electrons. The van der Waals surface area contributed by atoms with Crippen molar-refractivity contribution in [2.24, 2.45) is 0 Å². The zero-order chi connectivity index (χ0) is 17.2. The van der Waals surface area contributed by atoms with Gasteiger partial charge in [0.2, 0.25) is 10.0 Å². The molecule has 0 atom stereocenters. The average molecular weight is 386 g/mol. The maximum Gasteiger partial charge on any atom is 0.244 e. The molecule has 0 saturated carbocycles. The Morgan fingerprint density at radius 2 is 1.83 bits per heavy atom. The number of rotatable bonds is 4. The second-order valence-corrected chi connectivity index (χ2v) is 8.37. The summed E-state index contributed by atoms with van der Waals surface area (Å²) in [6.45, 7) is 2.93. The number of benzene rings is 1. The largest absolute Gasteiger partial charge is 0.296 e. The third-order valence-corrected chi connectivity index (χ3v) is 6.59. The molecule has 1 aliphatic heterocycles. The minimum Gasteiger partial charge on any atom is -0.296 e. The van der Waals surface area contributed by atoms with Crippen LogP contribution in [0, 0.1) is 0 Å². The van der Waals surface area contributed by atoms with Crippen LogP contribution in [0.1, 0.15) is 5.56 Å². The first kappa shape index (κ1) is 17.6. The van der Waals surface area contributed by atoms with Crippen molar-refractivity contribution in [2.45, 2.75) is 11.4 Å². The van der Waals surface area contributed by atoms with Gasteiger partial charge in [0.15, 0.2) is 0 Å². The average Bonchev–Trinajstić information content (AvgIpc) is 2.58. The minimum atomic E-state index is -3.63. The SMILES string of the molecule is O=S(=O)(c1cc(Cl)ccc1Cl)N1CCN(Cc2cccnc2)CC1. The molecule has 1 aliphatic rings. The van der Waals surface area contributed by atoms with Crippen LogP contribution in [0.4, 0.5) is 0 Å². The summed E-state index contributed by atoms with van der Waals surface area (Å²) < 4.78 is 27.0. The monoisotopic (exact) mass is 385 g/mol. The second-order valence-electron chi connectivity index (χ2n) is 5.62. The zero-order valence-corrected chi connectivity index (χ0v) is 15.2. The molecule has 5 nitrogen and oxygen atoms in total. The Kier molecular flexibility index (Phi) is 5.42. The zero-order valence-electron chi connectivity index (χ0n) is 12.9. The second kappa shape index (κ2) is 7.37. The van der Waals surface area contributed by atoms with E-state index < -0.39 is 10.0 Å². The first-order valence-electron chi connectivity index (χ1n) is 7.53. The molecule has 3 rings (SSSR count). The summed E-state index contributed by atoms with van der Waals surface area (Å²) in [6, 6.07) is 8.41. The number of hydrogen-bond acceptors (Lipinski definition) is 4. The molecule has 2 heterocycles. The number of aromatic nitrogens is 1. The van der Waals surface area contributed by atoms with E-state index in [-0.39, 0.29) is 9.92 Å². The van der Waals surface area contributed by atoms with E-state index in [1.54, 1.807) is 12.3 Å². The standard InChI is InChI=1S/C16H17Cl2N3O2S/c17-14-3-4-15(18)16(10-14)24(22,23)21-8-6-20(7-9-21)12-13-2-1-5-19-11-13/h1-5,10-11H,6-9,12H2. The Bertz CT molecular complexity index is 807. The van der Waals surface area contributed by atoms with E-state index in [4.69, 9.17) is 23.2 Å². The molecule has 0 bridgehead atoms. The van der Waals surface area contributed by atoms with Gasteiger partial charge >= 0.3 is 0 Å². The van der Waals surface area contributed by atoms with Crippen LogP contribution in [0.15, 0.2) is 47.6 Å². The summed E-state index contributed by atoms with van der Waals surface area (Å²) in [5.74, 6) is 0. The van der Waals surface area contributed by atoms with Crippen molar-refractivity contribution in [1.29, 1.82) is 0 Å². The van der Waals surface area contributed by atoms with Gasteiger partial charge in [-0.05, 0) is 29.8 Å². The van der Waals surface area contributed by atoms with E-state index in [2.05, 4.69) is 9.88 Å². The minimum absolute atomic E-state index is 0.0670. The highest BCUT2D eigenvalue weighted by atomic mass is 35.5. The quantitative estimate of drug-likeness (QED) is 0.811. The number of pyridine rings is 1. The third kappa shape index (κ3) is 3.90. The van der Waals surface area contributed by atoms with Gasteiger partial charge in [0.1, 0.15) is 4.90 Å². The van der Waals surface area contributed by atoms with Crippen molar-refractivity contribution in [1.82, 2.24) is 14.2 Å². The fourth-order valence-electron chi connectivity index (χ4n) is 2.69. The lowest BCUT2D eigenvalue weighted by Gasteiger charge is -2.34. The van der Waals surface area contributed by atoms with Crippen molar-refractivity contribution < 1.29 is 8.42 Å². The maximum atomic E-state index is 12.8. The van der Waals surface area contributed by atoms with E-state index in [1.165, 1.54) is 16.4 Å². The van der Waals surface area contributed by atoms with Crippen LogP contribution in [0.2, 0.25) is 10.0 Å². The maximum absolute atomic E-state index is 12.8. The molecule has 0 N–H and O–H groups in total. The smallest absolute Gasteiger partial charge is 0.244 e. The fraction of sp³-hybridized carbons (Fsp3) is 0.312. The molecule has 1 aromatic heterocycles. The van der Waals surface area contributed by atoms with E-state index in [9.17, 15) is 8.42 Å². The highest BCUT2D eigenvalue weighted by Crippen LogP contribution is 2.28. The summed E-state index contributed by atoms with van der Waals surface area (Å²) in [5.41, 5.74) is 1.12. The fourth-order valence-corrected chi connectivity index (χ4v) is 4.85. The van der Waals surface area contributed by atoms with Crippen molar-refractivity contribution in [2.75, 3.05) is 26.2 Å². The lowest BCUT2D eigenvalue weighted by molar-refractivity contribution is 0.181. The van der Waals surface area contributed by atoms with Crippen LogP contribution in [0.5, 0.6) is 0 Å². The molecule has 2 aromatic rings. The normalized spacial score (nSPS) is 17.1. The lowest BCUT2D eigenvalue weighted by atomic mass is 10.2. The number of sulfonamides is 1. The van der Waals surface area contributed by atoms with Gasteiger partial charge < -0.3 is 0 Å². The van der Waals surface area contributed by atoms with E-state index >= 15 is 0 Å². The van der Waals surface area contributed by atoms with Gasteiger partial charge in [-0.15, -0.1) is 0 Å². The molecule has 1 aromatic carbocycles. The number of halogens is 2. The molecule has 24 heavy (non-hydrogen) atoms. The Labute approximate surface area is 151 Å². The Hall–Kier alpha value is -1.18. The van der Waals surface area contributed by atoms with E-state index in [0.717, 1.165) is 12.1 Å². The number of hydrogen-bond donors (Lipinski definition) is 0. The number of nitrogens with zero attached hydrogens (tertiary/aromatic N) is 3. The van der Waals surface area contributed by atoms with E-state index in [0.29, 0.717) is 31.2 Å². The topological polar surface area (TPSA) is 53.5 Å². The molecule has 8 heteroatoms.